The van der Waals surface area contributed by atoms with Crippen molar-refractivity contribution in [3.63, 3.8) is 0 Å². The standard InChI is InChI=1S/C19H17FO3S/c1-22-14-5-3-4-13(10-14)19(21)18-9-8-17(24-18)12-6-7-15(20)16(11-12)23-2/h3-7,9-11,17H,8H2,1-2H3. The molecule has 0 spiro atoms. The minimum Gasteiger partial charge on any atom is -0.497 e. The average molecular weight is 344 g/mol. The minimum atomic E-state index is -0.384. The second-order valence-electron chi connectivity index (χ2n) is 5.37. The van der Waals surface area contributed by atoms with Gasteiger partial charge < -0.3 is 9.47 Å². The van der Waals surface area contributed by atoms with E-state index in [0.29, 0.717) is 16.2 Å². The number of rotatable bonds is 5. The van der Waals surface area contributed by atoms with Crippen LogP contribution < -0.4 is 9.47 Å². The van der Waals surface area contributed by atoms with Gasteiger partial charge >= 0.3 is 0 Å². The van der Waals surface area contributed by atoms with Crippen LogP contribution in [-0.4, -0.2) is 20.0 Å². The fourth-order valence-corrected chi connectivity index (χ4v) is 3.80. The van der Waals surface area contributed by atoms with Crippen LogP contribution in [0.5, 0.6) is 11.5 Å². The molecule has 1 heterocycles. The highest BCUT2D eigenvalue weighted by atomic mass is 32.2. The van der Waals surface area contributed by atoms with Crippen molar-refractivity contribution < 1.29 is 18.7 Å². The van der Waals surface area contributed by atoms with Crippen molar-refractivity contribution in [2.45, 2.75) is 11.7 Å². The van der Waals surface area contributed by atoms with Crippen molar-refractivity contribution in [3.8, 4) is 11.5 Å². The third kappa shape index (κ3) is 3.31. The first kappa shape index (κ1) is 16.6. The van der Waals surface area contributed by atoms with Crippen LogP contribution in [0.25, 0.3) is 0 Å². The number of carbonyl (C=O) groups excluding carboxylic acids is 1. The fourth-order valence-electron chi connectivity index (χ4n) is 2.60. The Morgan fingerprint density at radius 1 is 1.17 bits per heavy atom. The van der Waals surface area contributed by atoms with Gasteiger partial charge in [-0.25, -0.2) is 4.39 Å². The Hall–Kier alpha value is -2.27. The normalized spacial score (nSPS) is 16.6. The summed E-state index contributed by atoms with van der Waals surface area (Å²) in [6.45, 7) is 0. The number of Topliss-reactive ketones (excluding diaryl/α,β-unsaturated/α-hetero) is 1. The lowest BCUT2D eigenvalue weighted by Crippen LogP contribution is -2.00. The number of ether oxygens (including phenoxy) is 2. The predicted molar refractivity (Wildman–Crippen MR) is 93.3 cm³/mol. The van der Waals surface area contributed by atoms with Gasteiger partial charge in [-0.1, -0.05) is 24.3 Å². The van der Waals surface area contributed by atoms with Gasteiger partial charge in [0, 0.05) is 10.8 Å². The summed E-state index contributed by atoms with van der Waals surface area (Å²) >= 11 is 1.50. The summed E-state index contributed by atoms with van der Waals surface area (Å²) in [5.74, 6) is 0.477. The summed E-state index contributed by atoms with van der Waals surface area (Å²) < 4.78 is 23.7. The first-order valence-electron chi connectivity index (χ1n) is 7.51. The van der Waals surface area contributed by atoms with E-state index in [0.717, 1.165) is 12.0 Å². The molecule has 1 unspecified atom stereocenters. The Morgan fingerprint density at radius 3 is 2.75 bits per heavy atom. The summed E-state index contributed by atoms with van der Waals surface area (Å²) in [7, 11) is 3.02. The minimum absolute atomic E-state index is 0.0181. The lowest BCUT2D eigenvalue weighted by Gasteiger charge is -2.12. The van der Waals surface area contributed by atoms with Crippen molar-refractivity contribution >= 4 is 17.5 Å². The number of halogens is 1. The van der Waals surface area contributed by atoms with Gasteiger partial charge in [-0.15, -0.1) is 11.8 Å². The Kier molecular flexibility index (Phi) is 4.90. The molecule has 0 N–H and O–H groups in total. The van der Waals surface area contributed by atoms with E-state index in [2.05, 4.69) is 0 Å². The quantitative estimate of drug-likeness (QED) is 0.731. The van der Waals surface area contributed by atoms with E-state index in [1.807, 2.05) is 6.08 Å². The topological polar surface area (TPSA) is 35.5 Å². The molecule has 0 amide bonds. The molecule has 0 bridgehead atoms. The molecule has 1 aliphatic rings. The van der Waals surface area contributed by atoms with E-state index < -0.39 is 0 Å². The smallest absolute Gasteiger partial charge is 0.199 e. The van der Waals surface area contributed by atoms with Crippen LogP contribution in [0.4, 0.5) is 4.39 Å². The molecule has 124 valence electrons. The third-order valence-electron chi connectivity index (χ3n) is 3.89. The van der Waals surface area contributed by atoms with Gasteiger partial charge in [0.1, 0.15) is 5.75 Å². The maximum Gasteiger partial charge on any atom is 0.199 e. The molecule has 0 aliphatic carbocycles. The summed E-state index contributed by atoms with van der Waals surface area (Å²) in [5, 5.41) is 0.0871. The molecule has 5 heteroatoms. The molecule has 2 aromatic carbocycles. The van der Waals surface area contributed by atoms with Crippen molar-refractivity contribution in [1.29, 1.82) is 0 Å². The highest BCUT2D eigenvalue weighted by Crippen LogP contribution is 2.45. The maximum atomic E-state index is 13.5. The molecule has 2 aromatic rings. The van der Waals surface area contributed by atoms with E-state index in [4.69, 9.17) is 9.47 Å². The van der Waals surface area contributed by atoms with Crippen LogP contribution >= 0.6 is 11.8 Å². The molecule has 0 fully saturated rings. The number of hydrogen-bond acceptors (Lipinski definition) is 4. The summed E-state index contributed by atoms with van der Waals surface area (Å²) in [5.41, 5.74) is 1.55. The molecule has 24 heavy (non-hydrogen) atoms. The Morgan fingerprint density at radius 2 is 2.00 bits per heavy atom. The largest absolute Gasteiger partial charge is 0.497 e. The van der Waals surface area contributed by atoms with E-state index in [1.165, 1.54) is 24.9 Å². The molecule has 0 saturated heterocycles. The molecule has 1 aliphatic heterocycles. The molecule has 0 aromatic heterocycles. The van der Waals surface area contributed by atoms with Crippen LogP contribution in [0.3, 0.4) is 0 Å². The molecular weight excluding hydrogens is 327 g/mol. The lowest BCUT2D eigenvalue weighted by molar-refractivity contribution is 0.104. The summed E-state index contributed by atoms with van der Waals surface area (Å²) in [6, 6.07) is 12.0. The van der Waals surface area contributed by atoms with Gasteiger partial charge in [-0.2, -0.15) is 0 Å². The van der Waals surface area contributed by atoms with Crippen LogP contribution in [0, 0.1) is 5.82 Å². The molecule has 1 atom stereocenters. The zero-order valence-electron chi connectivity index (χ0n) is 13.4. The summed E-state index contributed by atoms with van der Waals surface area (Å²) in [4.78, 5) is 13.3. The van der Waals surface area contributed by atoms with Crippen molar-refractivity contribution in [3.05, 3.63) is 70.4 Å². The number of methoxy groups -OCH3 is 2. The van der Waals surface area contributed by atoms with Gasteiger partial charge in [0.2, 0.25) is 0 Å². The first-order valence-corrected chi connectivity index (χ1v) is 8.39. The van der Waals surface area contributed by atoms with Gasteiger partial charge in [0.05, 0.1) is 19.1 Å². The van der Waals surface area contributed by atoms with E-state index in [-0.39, 0.29) is 22.6 Å². The first-order chi connectivity index (χ1) is 11.6. The second kappa shape index (κ2) is 7.09. The van der Waals surface area contributed by atoms with Crippen LogP contribution in [-0.2, 0) is 0 Å². The van der Waals surface area contributed by atoms with Crippen molar-refractivity contribution in [1.82, 2.24) is 0 Å². The monoisotopic (exact) mass is 344 g/mol. The molecule has 0 saturated carbocycles. The summed E-state index contributed by atoms with van der Waals surface area (Å²) in [6.07, 6.45) is 2.66. The van der Waals surface area contributed by atoms with E-state index in [1.54, 1.807) is 43.5 Å². The Bertz CT molecular complexity index is 801. The van der Waals surface area contributed by atoms with Gasteiger partial charge in [0.25, 0.3) is 0 Å². The third-order valence-corrected chi connectivity index (χ3v) is 5.24. The highest BCUT2D eigenvalue weighted by molar-refractivity contribution is 8.04. The SMILES string of the molecule is COc1cccc(C(=O)C2=CCC(c3ccc(F)c(OC)c3)S2)c1. The number of benzene rings is 2. The lowest BCUT2D eigenvalue weighted by atomic mass is 10.1. The Labute approximate surface area is 144 Å². The molecular formula is C19H17FO3S. The molecule has 0 radical (unpaired) electrons. The van der Waals surface area contributed by atoms with Gasteiger partial charge in [-0.3, -0.25) is 4.79 Å². The zero-order valence-corrected chi connectivity index (χ0v) is 14.2. The van der Waals surface area contributed by atoms with Crippen molar-refractivity contribution in [2.75, 3.05) is 14.2 Å². The number of allylic oxidation sites excluding steroid dienone is 2. The van der Waals surface area contributed by atoms with Crippen LogP contribution in [0.1, 0.15) is 27.6 Å². The number of carbonyl (C=O) groups is 1. The zero-order chi connectivity index (χ0) is 17.1. The number of ketones is 1. The predicted octanol–water partition coefficient (Wildman–Crippen LogP) is 4.79. The van der Waals surface area contributed by atoms with Gasteiger partial charge in [-0.05, 0) is 36.2 Å². The van der Waals surface area contributed by atoms with Gasteiger partial charge in [0.15, 0.2) is 17.3 Å². The highest BCUT2D eigenvalue weighted by Gasteiger charge is 2.25. The fraction of sp³-hybridized carbons (Fsp3) is 0.211. The molecule has 3 rings (SSSR count). The number of thioether (sulfide) groups is 1. The van der Waals surface area contributed by atoms with E-state index >= 15 is 0 Å². The number of hydrogen-bond donors (Lipinski definition) is 0. The van der Waals surface area contributed by atoms with E-state index in [9.17, 15) is 9.18 Å². The van der Waals surface area contributed by atoms with Crippen LogP contribution in [0.15, 0.2) is 53.4 Å². The van der Waals surface area contributed by atoms with Crippen molar-refractivity contribution in [2.24, 2.45) is 0 Å². The van der Waals surface area contributed by atoms with Crippen LogP contribution in [0.2, 0.25) is 0 Å². The maximum absolute atomic E-state index is 13.5. The Balaban J connectivity index is 1.76. The second-order valence-corrected chi connectivity index (χ2v) is 6.61. The average Bonchev–Trinajstić information content (AvgIpc) is 3.11. The molecule has 3 nitrogen and oxygen atoms in total.